The zero-order valence-electron chi connectivity index (χ0n) is 9.12. The summed E-state index contributed by atoms with van der Waals surface area (Å²) in [7, 11) is 0. The van der Waals surface area contributed by atoms with Gasteiger partial charge in [-0.05, 0) is 19.8 Å². The molecule has 1 aliphatic rings. The number of carbonyl (C=O) groups is 2. The molecule has 16 heavy (non-hydrogen) atoms. The average Bonchev–Trinajstić information content (AvgIpc) is 2.52. The molecule has 6 heteroatoms. The third-order valence-corrected chi connectivity index (χ3v) is 2.33. The van der Waals surface area contributed by atoms with Gasteiger partial charge in [0.1, 0.15) is 5.70 Å². The van der Waals surface area contributed by atoms with E-state index in [0.717, 1.165) is 0 Å². The van der Waals surface area contributed by atoms with Crippen molar-refractivity contribution in [2.45, 2.75) is 39.0 Å². The second-order valence-corrected chi connectivity index (χ2v) is 3.72. The van der Waals surface area contributed by atoms with Crippen LogP contribution in [0.15, 0.2) is 11.4 Å². The van der Waals surface area contributed by atoms with Crippen molar-refractivity contribution in [3.8, 4) is 0 Å². The first-order valence-corrected chi connectivity index (χ1v) is 5.17. The van der Waals surface area contributed by atoms with Crippen LogP contribution in [0.25, 0.3) is 0 Å². The van der Waals surface area contributed by atoms with E-state index in [0.29, 0.717) is 30.7 Å². The van der Waals surface area contributed by atoms with Crippen LogP contribution in [-0.2, 0) is 9.59 Å². The van der Waals surface area contributed by atoms with Gasteiger partial charge in [-0.3, -0.25) is 9.59 Å². The highest BCUT2D eigenvalue weighted by Gasteiger charge is 2.22. The maximum Gasteiger partial charge on any atom is 0.303 e. The fourth-order valence-electron chi connectivity index (χ4n) is 1.53. The lowest BCUT2D eigenvalue weighted by Gasteiger charge is -2.05. The van der Waals surface area contributed by atoms with Crippen molar-refractivity contribution in [1.29, 1.82) is 0 Å². The number of aliphatic hydroxyl groups excluding tert-OH is 1. The molecular formula is C10H16N2O4. The molecule has 0 aromatic heterocycles. The SMILES string of the molecule is CC1=C(C(=O)CCCCC(=O)O)NC(O)N1. The second-order valence-electron chi connectivity index (χ2n) is 3.72. The van der Waals surface area contributed by atoms with Crippen molar-refractivity contribution in [2.75, 3.05) is 0 Å². The number of carbonyl (C=O) groups excluding carboxylic acids is 1. The number of carboxylic acids is 1. The van der Waals surface area contributed by atoms with Gasteiger partial charge in [0, 0.05) is 18.5 Å². The Morgan fingerprint density at radius 2 is 1.88 bits per heavy atom. The number of nitrogens with one attached hydrogen (secondary N) is 2. The maximum atomic E-state index is 11.6. The number of unbranched alkanes of at least 4 members (excludes halogenated alkanes) is 1. The van der Waals surface area contributed by atoms with E-state index in [1.54, 1.807) is 6.92 Å². The molecule has 4 N–H and O–H groups in total. The highest BCUT2D eigenvalue weighted by atomic mass is 16.4. The van der Waals surface area contributed by atoms with E-state index in [1.807, 2.05) is 0 Å². The lowest BCUT2D eigenvalue weighted by Crippen LogP contribution is -2.33. The molecule has 0 aromatic carbocycles. The van der Waals surface area contributed by atoms with Gasteiger partial charge in [-0.1, -0.05) is 0 Å². The number of carboxylic acid groups (broad SMARTS) is 1. The van der Waals surface area contributed by atoms with E-state index >= 15 is 0 Å². The average molecular weight is 228 g/mol. The summed E-state index contributed by atoms with van der Waals surface area (Å²) >= 11 is 0. The Kier molecular flexibility index (Phi) is 4.30. The Morgan fingerprint density at radius 3 is 2.38 bits per heavy atom. The van der Waals surface area contributed by atoms with Crippen LogP contribution in [0.1, 0.15) is 32.6 Å². The third kappa shape index (κ3) is 3.54. The van der Waals surface area contributed by atoms with Crippen LogP contribution in [0.4, 0.5) is 0 Å². The normalized spacial score (nSPS) is 19.2. The Morgan fingerprint density at radius 1 is 1.25 bits per heavy atom. The van der Waals surface area contributed by atoms with Gasteiger partial charge in [-0.25, -0.2) is 0 Å². The summed E-state index contributed by atoms with van der Waals surface area (Å²) in [4.78, 5) is 21.9. The van der Waals surface area contributed by atoms with Crippen molar-refractivity contribution in [3.63, 3.8) is 0 Å². The van der Waals surface area contributed by atoms with E-state index in [2.05, 4.69) is 10.6 Å². The quantitative estimate of drug-likeness (QED) is 0.474. The van der Waals surface area contributed by atoms with Crippen LogP contribution < -0.4 is 10.6 Å². The van der Waals surface area contributed by atoms with Crippen LogP contribution in [0.3, 0.4) is 0 Å². The van der Waals surface area contributed by atoms with Gasteiger partial charge in [0.2, 0.25) is 6.35 Å². The standard InChI is InChI=1S/C10H16N2O4/c1-6-9(12-10(16)11-6)7(13)4-2-3-5-8(14)15/h10-12,16H,2-5H2,1H3,(H,14,15). The van der Waals surface area contributed by atoms with Crippen molar-refractivity contribution in [2.24, 2.45) is 0 Å². The van der Waals surface area contributed by atoms with Crippen LogP contribution >= 0.6 is 0 Å². The highest BCUT2D eigenvalue weighted by Crippen LogP contribution is 2.11. The maximum absolute atomic E-state index is 11.6. The number of ketones is 1. The molecule has 1 aliphatic heterocycles. The van der Waals surface area contributed by atoms with E-state index in [1.165, 1.54) is 0 Å². The van der Waals surface area contributed by atoms with Gasteiger partial charge >= 0.3 is 5.97 Å². The van der Waals surface area contributed by atoms with Crippen LogP contribution in [0, 0.1) is 0 Å². The molecule has 0 aliphatic carbocycles. The first-order chi connectivity index (χ1) is 7.50. The fraction of sp³-hybridized carbons (Fsp3) is 0.600. The molecule has 0 saturated carbocycles. The number of Topliss-reactive ketones (excluding diaryl/α,β-unsaturated/α-hetero) is 1. The number of hydrogen-bond donors (Lipinski definition) is 4. The molecule has 0 spiro atoms. The molecule has 0 radical (unpaired) electrons. The number of rotatable bonds is 6. The second kappa shape index (κ2) is 5.50. The topological polar surface area (TPSA) is 98.7 Å². The summed E-state index contributed by atoms with van der Waals surface area (Å²) < 4.78 is 0. The van der Waals surface area contributed by atoms with Crippen molar-refractivity contribution in [3.05, 3.63) is 11.4 Å². The molecule has 1 atom stereocenters. The first-order valence-electron chi connectivity index (χ1n) is 5.17. The van der Waals surface area contributed by atoms with Crippen LogP contribution in [-0.4, -0.2) is 28.3 Å². The predicted molar refractivity (Wildman–Crippen MR) is 56.1 cm³/mol. The van der Waals surface area contributed by atoms with E-state index in [9.17, 15) is 9.59 Å². The molecule has 1 heterocycles. The molecule has 0 bridgehead atoms. The Hall–Kier alpha value is -1.56. The monoisotopic (exact) mass is 228 g/mol. The molecule has 0 amide bonds. The molecule has 0 saturated heterocycles. The van der Waals surface area contributed by atoms with Gasteiger partial charge in [-0.15, -0.1) is 0 Å². The largest absolute Gasteiger partial charge is 0.481 e. The zero-order valence-corrected chi connectivity index (χ0v) is 9.12. The molecule has 6 nitrogen and oxygen atoms in total. The van der Waals surface area contributed by atoms with Crippen LogP contribution in [0.2, 0.25) is 0 Å². The van der Waals surface area contributed by atoms with Crippen molar-refractivity contribution < 1.29 is 19.8 Å². The van der Waals surface area contributed by atoms with Crippen molar-refractivity contribution in [1.82, 2.24) is 10.6 Å². The van der Waals surface area contributed by atoms with Gasteiger partial charge in [0.25, 0.3) is 0 Å². The van der Waals surface area contributed by atoms with E-state index < -0.39 is 12.3 Å². The minimum Gasteiger partial charge on any atom is -0.481 e. The highest BCUT2D eigenvalue weighted by molar-refractivity contribution is 5.95. The molecule has 0 fully saturated rings. The summed E-state index contributed by atoms with van der Waals surface area (Å²) in [6, 6.07) is 0. The number of aliphatic hydroxyl groups is 1. The van der Waals surface area contributed by atoms with Gasteiger partial charge in [0.05, 0.1) is 0 Å². The molecular weight excluding hydrogens is 212 g/mol. The van der Waals surface area contributed by atoms with Gasteiger partial charge in [-0.2, -0.15) is 0 Å². The Bertz CT molecular complexity index is 325. The summed E-state index contributed by atoms with van der Waals surface area (Å²) in [5, 5.41) is 22.9. The summed E-state index contributed by atoms with van der Waals surface area (Å²) in [5.41, 5.74) is 1.01. The van der Waals surface area contributed by atoms with E-state index in [-0.39, 0.29) is 12.2 Å². The number of allylic oxidation sites excluding steroid dienone is 2. The van der Waals surface area contributed by atoms with Gasteiger partial charge in [0.15, 0.2) is 5.78 Å². The fourth-order valence-corrected chi connectivity index (χ4v) is 1.53. The summed E-state index contributed by atoms with van der Waals surface area (Å²) in [6.07, 6.45) is 0.502. The molecule has 1 unspecified atom stereocenters. The van der Waals surface area contributed by atoms with Gasteiger partial charge < -0.3 is 20.8 Å². The molecule has 90 valence electrons. The van der Waals surface area contributed by atoms with E-state index in [4.69, 9.17) is 10.2 Å². The number of aliphatic carboxylic acids is 1. The molecule has 1 rings (SSSR count). The van der Waals surface area contributed by atoms with Crippen LogP contribution in [0.5, 0.6) is 0 Å². The Labute approximate surface area is 93.3 Å². The minimum atomic E-state index is -0.905. The summed E-state index contributed by atoms with van der Waals surface area (Å²) in [5.74, 6) is -0.953. The summed E-state index contributed by atoms with van der Waals surface area (Å²) in [6.45, 7) is 1.70. The predicted octanol–water partition coefficient (Wildman–Crippen LogP) is -0.0993. The number of hydrogen-bond acceptors (Lipinski definition) is 5. The Balaban J connectivity index is 2.30. The molecule has 0 aromatic rings. The third-order valence-electron chi connectivity index (χ3n) is 2.33. The lowest BCUT2D eigenvalue weighted by atomic mass is 10.1. The minimum absolute atomic E-state index is 0.0829. The van der Waals surface area contributed by atoms with Crippen molar-refractivity contribution >= 4 is 11.8 Å². The first kappa shape index (κ1) is 12.5. The smallest absolute Gasteiger partial charge is 0.303 e. The zero-order chi connectivity index (χ0) is 12.1. The lowest BCUT2D eigenvalue weighted by molar-refractivity contribution is -0.137.